The SMILES string of the molecule is CC(C(=O)NC1CCCCC1)N(Cc1ccc(F)cc1)C(=O)Cc1ccccc1Cl. The second kappa shape index (κ2) is 10.6. The lowest BCUT2D eigenvalue weighted by Crippen LogP contribution is -2.50. The Morgan fingerprint density at radius 1 is 1.10 bits per heavy atom. The summed E-state index contributed by atoms with van der Waals surface area (Å²) >= 11 is 6.23. The molecule has 1 unspecified atom stereocenters. The van der Waals surface area contributed by atoms with Crippen molar-refractivity contribution in [1.82, 2.24) is 10.2 Å². The Bertz CT molecular complexity index is 866. The number of hydrogen-bond acceptors (Lipinski definition) is 2. The number of amides is 2. The smallest absolute Gasteiger partial charge is 0.242 e. The van der Waals surface area contributed by atoms with Crippen LogP contribution in [0, 0.1) is 5.82 Å². The predicted molar refractivity (Wildman–Crippen MR) is 117 cm³/mol. The summed E-state index contributed by atoms with van der Waals surface area (Å²) in [6.07, 6.45) is 5.49. The molecule has 1 aliphatic rings. The largest absolute Gasteiger partial charge is 0.352 e. The predicted octanol–water partition coefficient (Wildman–Crippen LogP) is 4.89. The van der Waals surface area contributed by atoms with Crippen LogP contribution in [-0.4, -0.2) is 28.8 Å². The van der Waals surface area contributed by atoms with Gasteiger partial charge in [-0.25, -0.2) is 4.39 Å². The first-order chi connectivity index (χ1) is 14.4. The second-order valence-electron chi connectivity index (χ2n) is 7.94. The summed E-state index contributed by atoms with van der Waals surface area (Å²) in [5, 5.41) is 3.63. The first-order valence-corrected chi connectivity index (χ1v) is 10.9. The van der Waals surface area contributed by atoms with Crippen LogP contribution in [0.25, 0.3) is 0 Å². The molecule has 160 valence electrons. The number of hydrogen-bond donors (Lipinski definition) is 1. The van der Waals surface area contributed by atoms with Gasteiger partial charge in [-0.3, -0.25) is 9.59 Å². The van der Waals surface area contributed by atoms with Crippen molar-refractivity contribution in [3.63, 3.8) is 0 Å². The van der Waals surface area contributed by atoms with Gasteiger partial charge in [0, 0.05) is 17.6 Å². The van der Waals surface area contributed by atoms with Gasteiger partial charge in [-0.2, -0.15) is 0 Å². The third-order valence-corrected chi connectivity index (χ3v) is 6.05. The number of halogens is 2. The van der Waals surface area contributed by atoms with E-state index in [0.717, 1.165) is 31.2 Å². The molecule has 1 N–H and O–H groups in total. The summed E-state index contributed by atoms with van der Waals surface area (Å²) in [6, 6.07) is 12.7. The lowest BCUT2D eigenvalue weighted by molar-refractivity contribution is -0.140. The molecule has 0 aromatic heterocycles. The van der Waals surface area contributed by atoms with E-state index < -0.39 is 6.04 Å². The number of benzene rings is 2. The van der Waals surface area contributed by atoms with Gasteiger partial charge in [0.2, 0.25) is 11.8 Å². The fourth-order valence-electron chi connectivity index (χ4n) is 3.84. The van der Waals surface area contributed by atoms with Crippen molar-refractivity contribution < 1.29 is 14.0 Å². The lowest BCUT2D eigenvalue weighted by Gasteiger charge is -2.31. The van der Waals surface area contributed by atoms with E-state index in [1.165, 1.54) is 18.6 Å². The topological polar surface area (TPSA) is 49.4 Å². The summed E-state index contributed by atoms with van der Waals surface area (Å²) in [7, 11) is 0. The molecule has 30 heavy (non-hydrogen) atoms. The van der Waals surface area contributed by atoms with Gasteiger partial charge in [-0.05, 0) is 49.1 Å². The molecule has 4 nitrogen and oxygen atoms in total. The fraction of sp³-hybridized carbons (Fsp3) is 0.417. The molecule has 1 atom stereocenters. The monoisotopic (exact) mass is 430 g/mol. The standard InChI is InChI=1S/C24H28ClFN2O2/c1-17(24(30)27-21-8-3-2-4-9-21)28(16-18-11-13-20(26)14-12-18)23(29)15-19-7-5-6-10-22(19)25/h5-7,10-14,17,21H,2-4,8-9,15-16H2,1H3,(H,27,30). The molecule has 2 amide bonds. The Morgan fingerprint density at radius 2 is 1.77 bits per heavy atom. The molecule has 0 aliphatic heterocycles. The minimum atomic E-state index is -0.646. The maximum atomic E-state index is 13.3. The quantitative estimate of drug-likeness (QED) is 0.680. The van der Waals surface area contributed by atoms with E-state index >= 15 is 0 Å². The van der Waals surface area contributed by atoms with Gasteiger partial charge in [0.25, 0.3) is 0 Å². The molecule has 0 radical (unpaired) electrons. The van der Waals surface area contributed by atoms with Crippen LogP contribution in [0.5, 0.6) is 0 Å². The average Bonchev–Trinajstić information content (AvgIpc) is 2.75. The van der Waals surface area contributed by atoms with Crippen molar-refractivity contribution in [2.75, 3.05) is 0 Å². The molecule has 1 saturated carbocycles. The minimum absolute atomic E-state index is 0.0991. The number of nitrogens with one attached hydrogen (secondary N) is 1. The van der Waals surface area contributed by atoms with Crippen molar-refractivity contribution in [3.05, 3.63) is 70.5 Å². The Morgan fingerprint density at radius 3 is 2.43 bits per heavy atom. The molecule has 2 aromatic rings. The van der Waals surface area contributed by atoms with Crippen LogP contribution in [0.2, 0.25) is 5.02 Å². The molecule has 6 heteroatoms. The van der Waals surface area contributed by atoms with E-state index in [-0.39, 0.29) is 36.6 Å². The van der Waals surface area contributed by atoms with Crippen molar-refractivity contribution in [1.29, 1.82) is 0 Å². The molecular formula is C24H28ClFN2O2. The van der Waals surface area contributed by atoms with Gasteiger partial charge < -0.3 is 10.2 Å². The normalized spacial score (nSPS) is 15.4. The van der Waals surface area contributed by atoms with E-state index in [4.69, 9.17) is 11.6 Å². The summed E-state index contributed by atoms with van der Waals surface area (Å²) in [6.45, 7) is 1.97. The summed E-state index contributed by atoms with van der Waals surface area (Å²) in [5.74, 6) is -0.689. The van der Waals surface area contributed by atoms with Gasteiger partial charge in [0.15, 0.2) is 0 Å². The highest BCUT2D eigenvalue weighted by atomic mass is 35.5. The van der Waals surface area contributed by atoms with E-state index in [9.17, 15) is 14.0 Å². The summed E-state index contributed by atoms with van der Waals surface area (Å²) in [4.78, 5) is 27.7. The first kappa shape index (κ1) is 22.3. The molecule has 1 aliphatic carbocycles. The number of nitrogens with zero attached hydrogens (tertiary/aromatic N) is 1. The summed E-state index contributed by atoms with van der Waals surface area (Å²) < 4.78 is 13.3. The zero-order valence-corrected chi connectivity index (χ0v) is 18.0. The molecule has 3 rings (SSSR count). The van der Waals surface area contributed by atoms with Crippen molar-refractivity contribution in [2.24, 2.45) is 0 Å². The Kier molecular flexibility index (Phi) is 7.86. The molecule has 2 aromatic carbocycles. The van der Waals surface area contributed by atoms with Crippen molar-refractivity contribution in [3.8, 4) is 0 Å². The number of carbonyl (C=O) groups excluding carboxylic acids is 2. The zero-order chi connectivity index (χ0) is 21.5. The maximum Gasteiger partial charge on any atom is 0.242 e. The van der Waals surface area contributed by atoms with Crippen LogP contribution in [0.15, 0.2) is 48.5 Å². The lowest BCUT2D eigenvalue weighted by atomic mass is 9.95. The van der Waals surface area contributed by atoms with Crippen molar-refractivity contribution in [2.45, 2.75) is 64.1 Å². The minimum Gasteiger partial charge on any atom is -0.352 e. The van der Waals surface area contributed by atoms with Crippen LogP contribution in [-0.2, 0) is 22.6 Å². The van der Waals surface area contributed by atoms with Gasteiger partial charge >= 0.3 is 0 Å². The average molecular weight is 431 g/mol. The van der Waals surface area contributed by atoms with Crippen LogP contribution >= 0.6 is 11.6 Å². The molecule has 1 fully saturated rings. The Labute approximate surface area is 182 Å². The van der Waals surface area contributed by atoms with E-state index in [1.54, 1.807) is 30.0 Å². The third kappa shape index (κ3) is 6.05. The zero-order valence-electron chi connectivity index (χ0n) is 17.2. The van der Waals surface area contributed by atoms with E-state index in [2.05, 4.69) is 5.32 Å². The van der Waals surface area contributed by atoms with Gasteiger partial charge in [-0.15, -0.1) is 0 Å². The van der Waals surface area contributed by atoms with Crippen molar-refractivity contribution >= 4 is 23.4 Å². The summed E-state index contributed by atoms with van der Waals surface area (Å²) in [5.41, 5.74) is 1.48. The van der Waals surface area contributed by atoms with Crippen LogP contribution in [0.1, 0.15) is 50.2 Å². The van der Waals surface area contributed by atoms with Gasteiger partial charge in [-0.1, -0.05) is 61.2 Å². The molecule has 0 bridgehead atoms. The third-order valence-electron chi connectivity index (χ3n) is 5.68. The second-order valence-corrected chi connectivity index (χ2v) is 8.34. The van der Waals surface area contributed by atoms with E-state index in [0.29, 0.717) is 10.6 Å². The number of carbonyl (C=O) groups is 2. The van der Waals surface area contributed by atoms with Crippen LogP contribution in [0.3, 0.4) is 0 Å². The maximum absolute atomic E-state index is 13.3. The molecule has 0 saturated heterocycles. The highest BCUT2D eigenvalue weighted by molar-refractivity contribution is 6.31. The van der Waals surface area contributed by atoms with Gasteiger partial charge in [0.1, 0.15) is 11.9 Å². The van der Waals surface area contributed by atoms with Crippen LogP contribution < -0.4 is 5.32 Å². The Balaban J connectivity index is 1.76. The molecule has 0 heterocycles. The van der Waals surface area contributed by atoms with Gasteiger partial charge in [0.05, 0.1) is 6.42 Å². The van der Waals surface area contributed by atoms with Crippen LogP contribution in [0.4, 0.5) is 4.39 Å². The molecular weight excluding hydrogens is 403 g/mol. The number of rotatable bonds is 7. The highest BCUT2D eigenvalue weighted by Gasteiger charge is 2.28. The van der Waals surface area contributed by atoms with E-state index in [1.807, 2.05) is 18.2 Å². The molecule has 0 spiro atoms. The fourth-order valence-corrected chi connectivity index (χ4v) is 4.05. The first-order valence-electron chi connectivity index (χ1n) is 10.5. The Hall–Kier alpha value is -2.40. The highest BCUT2D eigenvalue weighted by Crippen LogP contribution is 2.20.